The van der Waals surface area contributed by atoms with Crippen LogP contribution < -0.4 is 0 Å². The Morgan fingerprint density at radius 2 is 2.09 bits per heavy atom. The van der Waals surface area contributed by atoms with Crippen LogP contribution in [0.4, 0.5) is 8.78 Å². The van der Waals surface area contributed by atoms with Gasteiger partial charge in [-0.05, 0) is 0 Å². The molecule has 0 spiro atoms. The predicted molar refractivity (Wildman–Crippen MR) is 35.2 cm³/mol. The molecule has 2 heterocycles. The van der Waals surface area contributed by atoms with Crippen molar-refractivity contribution in [2.75, 3.05) is 6.61 Å². The molecular weight excluding hydrogens is 150 g/mol. The van der Waals surface area contributed by atoms with Crippen molar-refractivity contribution in [1.82, 2.24) is 0 Å². The molecule has 3 rings (SSSR count). The van der Waals surface area contributed by atoms with Crippen LogP contribution in [0, 0.1) is 17.8 Å². The predicted octanol–water partition coefficient (Wildman–Crippen LogP) is 1.43. The van der Waals surface area contributed by atoms with E-state index in [0.29, 0.717) is 12.8 Å². The van der Waals surface area contributed by atoms with Crippen molar-refractivity contribution in [2.45, 2.75) is 24.9 Å². The summed E-state index contributed by atoms with van der Waals surface area (Å²) in [4.78, 5) is 0. The van der Waals surface area contributed by atoms with Crippen LogP contribution in [0.25, 0.3) is 0 Å². The number of halogens is 2. The Balaban J connectivity index is 2.16. The summed E-state index contributed by atoms with van der Waals surface area (Å²) in [6, 6.07) is 0. The summed E-state index contributed by atoms with van der Waals surface area (Å²) in [6.45, 7) is 0.134. The van der Waals surface area contributed by atoms with Gasteiger partial charge in [0.15, 0.2) is 0 Å². The third-order valence-corrected chi connectivity index (χ3v) is 2.64. The fourth-order valence-corrected chi connectivity index (χ4v) is 1.93. The van der Waals surface area contributed by atoms with E-state index < -0.39 is 17.4 Å². The van der Waals surface area contributed by atoms with Crippen molar-refractivity contribution in [1.29, 1.82) is 0 Å². The fourth-order valence-electron chi connectivity index (χ4n) is 1.93. The molecule has 0 N–H and O–H groups in total. The molecule has 2 aliphatic heterocycles. The number of hydrogen-bond donors (Lipinski definition) is 0. The lowest BCUT2D eigenvalue weighted by Gasteiger charge is -2.40. The highest BCUT2D eigenvalue weighted by Crippen LogP contribution is 2.60. The molecule has 60 valence electrons. The van der Waals surface area contributed by atoms with Crippen LogP contribution in [0.1, 0.15) is 12.8 Å². The van der Waals surface area contributed by atoms with Gasteiger partial charge in [-0.25, -0.2) is 8.78 Å². The topological polar surface area (TPSA) is 9.23 Å². The second kappa shape index (κ2) is 1.75. The second-order valence-electron chi connectivity index (χ2n) is 3.44. The first-order valence-electron chi connectivity index (χ1n) is 3.52. The molecule has 3 fully saturated rings. The smallest absolute Gasteiger partial charge is 0.246 e. The summed E-state index contributed by atoms with van der Waals surface area (Å²) >= 11 is 0. The minimum absolute atomic E-state index is 0.134. The summed E-state index contributed by atoms with van der Waals surface area (Å²) in [5.74, 6) is 2.43. The second-order valence-corrected chi connectivity index (χ2v) is 3.44. The van der Waals surface area contributed by atoms with Gasteiger partial charge in [-0.3, -0.25) is 0 Å². The first-order chi connectivity index (χ1) is 5.13. The van der Waals surface area contributed by atoms with Gasteiger partial charge in [-0.15, -0.1) is 6.42 Å². The van der Waals surface area contributed by atoms with Gasteiger partial charge in [-0.1, -0.05) is 5.92 Å². The zero-order chi connectivity index (χ0) is 8.11. The molecule has 3 aliphatic rings. The van der Waals surface area contributed by atoms with E-state index in [1.54, 1.807) is 0 Å². The highest BCUT2D eigenvalue weighted by molar-refractivity contribution is 5.25. The van der Waals surface area contributed by atoms with Crippen molar-refractivity contribution in [3.8, 4) is 12.3 Å². The van der Waals surface area contributed by atoms with Crippen LogP contribution >= 0.6 is 0 Å². The molecule has 0 aromatic heterocycles. The zero-order valence-corrected chi connectivity index (χ0v) is 5.94. The number of fused-ring (bicyclic) bond motifs is 1. The van der Waals surface area contributed by atoms with Crippen molar-refractivity contribution >= 4 is 0 Å². The summed E-state index contributed by atoms with van der Waals surface area (Å²) < 4.78 is 29.8. The Hall–Kier alpha value is -0.620. The Morgan fingerprint density at radius 3 is 2.36 bits per heavy atom. The average Bonchev–Trinajstić information content (AvgIpc) is 2.39. The van der Waals surface area contributed by atoms with Crippen molar-refractivity contribution in [3.63, 3.8) is 0 Å². The molecule has 0 atom stereocenters. The molecule has 0 unspecified atom stereocenters. The van der Waals surface area contributed by atoms with E-state index in [1.807, 2.05) is 0 Å². The van der Waals surface area contributed by atoms with Crippen LogP contribution in [0.3, 0.4) is 0 Å². The van der Waals surface area contributed by atoms with Crippen LogP contribution in [0.5, 0.6) is 0 Å². The summed E-state index contributed by atoms with van der Waals surface area (Å²) in [5, 5.41) is 0. The van der Waals surface area contributed by atoms with E-state index in [1.165, 1.54) is 0 Å². The lowest BCUT2D eigenvalue weighted by atomic mass is 9.63. The van der Waals surface area contributed by atoms with E-state index in [0.717, 1.165) is 0 Å². The fraction of sp³-hybridized carbons (Fsp3) is 0.750. The maximum Gasteiger partial charge on any atom is 0.246 e. The first kappa shape index (κ1) is 7.05. The van der Waals surface area contributed by atoms with Crippen molar-refractivity contribution < 1.29 is 13.5 Å². The van der Waals surface area contributed by atoms with Crippen LogP contribution in [0.2, 0.25) is 0 Å². The van der Waals surface area contributed by atoms with Crippen LogP contribution in [-0.4, -0.2) is 18.6 Å². The first-order valence-corrected chi connectivity index (χ1v) is 3.52. The lowest BCUT2D eigenvalue weighted by Crippen LogP contribution is -2.47. The number of ether oxygens (including phenoxy) is 1. The Kier molecular flexibility index (Phi) is 1.12. The Bertz CT molecular complexity index is 223. The molecular formula is C8H8F2O. The van der Waals surface area contributed by atoms with Gasteiger partial charge in [0.05, 0.1) is 12.0 Å². The molecule has 11 heavy (non-hydrogen) atoms. The Morgan fingerprint density at radius 1 is 1.45 bits per heavy atom. The van der Waals surface area contributed by atoms with Crippen molar-refractivity contribution in [2.24, 2.45) is 5.41 Å². The number of hydrogen-bond acceptors (Lipinski definition) is 1. The zero-order valence-electron chi connectivity index (χ0n) is 5.94. The van der Waals surface area contributed by atoms with E-state index >= 15 is 0 Å². The van der Waals surface area contributed by atoms with Crippen molar-refractivity contribution in [3.05, 3.63) is 0 Å². The molecule has 3 heteroatoms. The molecule has 0 aromatic rings. The third kappa shape index (κ3) is 0.681. The largest absolute Gasteiger partial charge is 0.362 e. The molecule has 1 aliphatic carbocycles. The van der Waals surface area contributed by atoms with E-state index in [-0.39, 0.29) is 6.61 Å². The highest BCUT2D eigenvalue weighted by atomic mass is 19.3. The SMILES string of the molecule is C#CC12CC(C(F)F)(CO1)C2. The third-order valence-electron chi connectivity index (χ3n) is 2.64. The van der Waals surface area contributed by atoms with E-state index in [4.69, 9.17) is 11.2 Å². The van der Waals surface area contributed by atoms with Gasteiger partial charge in [0, 0.05) is 12.8 Å². The number of alkyl halides is 2. The Labute approximate surface area is 63.7 Å². The van der Waals surface area contributed by atoms with Crippen LogP contribution in [-0.2, 0) is 4.74 Å². The van der Waals surface area contributed by atoms with E-state index in [9.17, 15) is 8.78 Å². The summed E-state index contributed by atoms with van der Waals surface area (Å²) in [5.41, 5.74) is -1.52. The molecule has 0 aromatic carbocycles. The quantitative estimate of drug-likeness (QED) is 0.524. The van der Waals surface area contributed by atoms with Gasteiger partial charge >= 0.3 is 0 Å². The number of terminal acetylenes is 1. The maximum atomic E-state index is 12.3. The molecule has 2 bridgehead atoms. The summed E-state index contributed by atoms with van der Waals surface area (Å²) in [7, 11) is 0. The molecule has 0 radical (unpaired) electrons. The van der Waals surface area contributed by atoms with Gasteiger partial charge in [0.2, 0.25) is 6.43 Å². The molecule has 1 nitrogen and oxygen atoms in total. The normalized spacial score (nSPS) is 47.1. The van der Waals surface area contributed by atoms with Gasteiger partial charge in [-0.2, -0.15) is 0 Å². The van der Waals surface area contributed by atoms with Gasteiger partial charge in [0.1, 0.15) is 5.60 Å². The average molecular weight is 158 g/mol. The lowest BCUT2D eigenvalue weighted by molar-refractivity contribution is -0.0493. The highest BCUT2D eigenvalue weighted by Gasteiger charge is 2.66. The van der Waals surface area contributed by atoms with E-state index in [2.05, 4.69) is 5.92 Å². The van der Waals surface area contributed by atoms with Gasteiger partial charge in [0.25, 0.3) is 0 Å². The monoisotopic (exact) mass is 158 g/mol. The molecule has 2 saturated heterocycles. The minimum atomic E-state index is -2.29. The molecule has 1 saturated carbocycles. The minimum Gasteiger partial charge on any atom is -0.362 e. The molecule has 0 amide bonds. The summed E-state index contributed by atoms with van der Waals surface area (Å²) in [6.07, 6.45) is 3.54. The standard InChI is InChI=1S/C8H8F2O/c1-2-8-3-7(4-8,5-11-8)6(9)10/h1,6H,3-5H2. The maximum absolute atomic E-state index is 12.3. The van der Waals surface area contributed by atoms with Gasteiger partial charge < -0.3 is 4.74 Å². The number of rotatable bonds is 1. The van der Waals surface area contributed by atoms with Crippen LogP contribution in [0.15, 0.2) is 0 Å².